The lowest BCUT2D eigenvalue weighted by Crippen LogP contribution is -2.04. The highest BCUT2D eigenvalue weighted by Gasteiger charge is 1.94. The SMILES string of the molecule is Cc1ccccn1.Cc1ncccc1CCN. The van der Waals surface area contributed by atoms with Gasteiger partial charge < -0.3 is 5.73 Å². The van der Waals surface area contributed by atoms with Gasteiger partial charge in [-0.1, -0.05) is 12.1 Å². The van der Waals surface area contributed by atoms with Crippen LogP contribution in [-0.4, -0.2) is 16.5 Å². The van der Waals surface area contributed by atoms with Gasteiger partial charge in [-0.25, -0.2) is 0 Å². The van der Waals surface area contributed by atoms with Crippen LogP contribution in [0.3, 0.4) is 0 Å². The van der Waals surface area contributed by atoms with Crippen LogP contribution in [0.4, 0.5) is 0 Å². The van der Waals surface area contributed by atoms with Gasteiger partial charge in [0.25, 0.3) is 0 Å². The Bertz CT molecular complexity index is 426. The van der Waals surface area contributed by atoms with E-state index in [1.807, 2.05) is 38.1 Å². The highest BCUT2D eigenvalue weighted by atomic mass is 14.7. The normalized spacial score (nSPS) is 9.35. The molecule has 0 fully saturated rings. The summed E-state index contributed by atoms with van der Waals surface area (Å²) in [6, 6.07) is 9.86. The first-order valence-corrected chi connectivity index (χ1v) is 5.72. The zero-order chi connectivity index (χ0) is 12.5. The van der Waals surface area contributed by atoms with Gasteiger partial charge in [0.05, 0.1) is 0 Å². The Morgan fingerprint density at radius 2 is 1.76 bits per heavy atom. The van der Waals surface area contributed by atoms with Crippen molar-refractivity contribution in [1.82, 2.24) is 9.97 Å². The van der Waals surface area contributed by atoms with Crippen LogP contribution in [0.5, 0.6) is 0 Å². The Balaban J connectivity index is 0.000000181. The summed E-state index contributed by atoms with van der Waals surface area (Å²) in [6.07, 6.45) is 4.52. The van der Waals surface area contributed by atoms with Gasteiger partial charge in [0, 0.05) is 23.8 Å². The minimum Gasteiger partial charge on any atom is -0.330 e. The largest absolute Gasteiger partial charge is 0.330 e. The number of nitrogens with two attached hydrogens (primary N) is 1. The van der Waals surface area contributed by atoms with Crippen LogP contribution < -0.4 is 5.73 Å². The molecule has 2 N–H and O–H groups in total. The molecule has 3 nitrogen and oxygen atoms in total. The molecule has 17 heavy (non-hydrogen) atoms. The summed E-state index contributed by atoms with van der Waals surface area (Å²) in [7, 11) is 0. The molecule has 0 bridgehead atoms. The summed E-state index contributed by atoms with van der Waals surface area (Å²) in [5.41, 5.74) is 8.82. The van der Waals surface area contributed by atoms with Crippen molar-refractivity contribution in [1.29, 1.82) is 0 Å². The van der Waals surface area contributed by atoms with Gasteiger partial charge in [-0.2, -0.15) is 0 Å². The summed E-state index contributed by atoms with van der Waals surface area (Å²) < 4.78 is 0. The second-order valence-electron chi connectivity index (χ2n) is 3.76. The third-order valence-corrected chi connectivity index (χ3v) is 2.34. The molecule has 0 aliphatic rings. The second kappa shape index (κ2) is 7.52. The van der Waals surface area contributed by atoms with Gasteiger partial charge in [-0.05, 0) is 50.6 Å². The average Bonchev–Trinajstić information content (AvgIpc) is 2.34. The van der Waals surface area contributed by atoms with Crippen molar-refractivity contribution in [3.05, 3.63) is 59.7 Å². The highest BCUT2D eigenvalue weighted by molar-refractivity contribution is 5.18. The molecular weight excluding hydrogens is 210 g/mol. The Morgan fingerprint density at radius 3 is 2.24 bits per heavy atom. The molecule has 0 aliphatic carbocycles. The molecule has 0 amide bonds. The molecule has 90 valence electrons. The molecule has 0 aromatic carbocycles. The van der Waals surface area contributed by atoms with Gasteiger partial charge in [-0.3, -0.25) is 9.97 Å². The van der Waals surface area contributed by atoms with Crippen LogP contribution in [0.1, 0.15) is 17.0 Å². The van der Waals surface area contributed by atoms with E-state index >= 15 is 0 Å². The Kier molecular flexibility index (Phi) is 5.89. The van der Waals surface area contributed by atoms with Gasteiger partial charge in [0.15, 0.2) is 0 Å². The van der Waals surface area contributed by atoms with Crippen LogP contribution >= 0.6 is 0 Å². The molecule has 0 spiro atoms. The third-order valence-electron chi connectivity index (χ3n) is 2.34. The first-order valence-electron chi connectivity index (χ1n) is 5.72. The minimum atomic E-state index is 0.701. The van der Waals surface area contributed by atoms with E-state index in [1.54, 1.807) is 12.4 Å². The van der Waals surface area contributed by atoms with E-state index in [9.17, 15) is 0 Å². The maximum atomic E-state index is 5.40. The van der Waals surface area contributed by atoms with E-state index in [2.05, 4.69) is 16.0 Å². The third kappa shape index (κ3) is 5.22. The van der Waals surface area contributed by atoms with E-state index in [1.165, 1.54) is 5.56 Å². The Hall–Kier alpha value is -1.74. The molecule has 0 aliphatic heterocycles. The summed E-state index contributed by atoms with van der Waals surface area (Å²) in [5.74, 6) is 0. The number of nitrogens with zero attached hydrogens (tertiary/aromatic N) is 2. The average molecular weight is 229 g/mol. The molecule has 0 saturated carbocycles. The first kappa shape index (κ1) is 13.3. The predicted octanol–water partition coefficient (Wildman–Crippen LogP) is 2.28. The zero-order valence-electron chi connectivity index (χ0n) is 10.4. The van der Waals surface area contributed by atoms with Crippen molar-refractivity contribution in [2.45, 2.75) is 20.3 Å². The number of hydrogen-bond donors (Lipinski definition) is 1. The molecule has 0 radical (unpaired) electrons. The van der Waals surface area contributed by atoms with Crippen molar-refractivity contribution < 1.29 is 0 Å². The second-order valence-corrected chi connectivity index (χ2v) is 3.76. The van der Waals surface area contributed by atoms with Gasteiger partial charge in [0.1, 0.15) is 0 Å². The summed E-state index contributed by atoms with van der Waals surface area (Å²) >= 11 is 0. The van der Waals surface area contributed by atoms with E-state index in [-0.39, 0.29) is 0 Å². The van der Waals surface area contributed by atoms with Crippen LogP contribution in [0.15, 0.2) is 42.7 Å². The molecule has 2 aromatic rings. The zero-order valence-corrected chi connectivity index (χ0v) is 10.4. The number of hydrogen-bond acceptors (Lipinski definition) is 3. The minimum absolute atomic E-state index is 0.701. The molecule has 2 aromatic heterocycles. The molecule has 3 heteroatoms. The number of rotatable bonds is 2. The summed E-state index contributed by atoms with van der Waals surface area (Å²) in [6.45, 7) is 4.68. The fourth-order valence-corrected chi connectivity index (χ4v) is 1.39. The van der Waals surface area contributed by atoms with Crippen LogP contribution in [0, 0.1) is 13.8 Å². The number of aromatic nitrogens is 2. The maximum absolute atomic E-state index is 5.40. The van der Waals surface area contributed by atoms with Gasteiger partial charge in [-0.15, -0.1) is 0 Å². The fraction of sp³-hybridized carbons (Fsp3) is 0.286. The smallest absolute Gasteiger partial charge is 0.0405 e. The van der Waals surface area contributed by atoms with Crippen LogP contribution in [0.25, 0.3) is 0 Å². The van der Waals surface area contributed by atoms with E-state index < -0.39 is 0 Å². The van der Waals surface area contributed by atoms with E-state index in [0.29, 0.717) is 6.54 Å². The molecule has 2 heterocycles. The number of aryl methyl sites for hydroxylation is 2. The van der Waals surface area contributed by atoms with Crippen molar-refractivity contribution in [2.24, 2.45) is 5.73 Å². The molecular formula is C14H19N3. The lowest BCUT2D eigenvalue weighted by atomic mass is 10.1. The maximum Gasteiger partial charge on any atom is 0.0405 e. The Morgan fingerprint density at radius 1 is 1.00 bits per heavy atom. The van der Waals surface area contributed by atoms with Gasteiger partial charge in [0.2, 0.25) is 0 Å². The number of pyridine rings is 2. The fourth-order valence-electron chi connectivity index (χ4n) is 1.39. The quantitative estimate of drug-likeness (QED) is 0.859. The van der Waals surface area contributed by atoms with Crippen molar-refractivity contribution in [3.63, 3.8) is 0 Å². The lowest BCUT2D eigenvalue weighted by molar-refractivity contribution is 0.939. The topological polar surface area (TPSA) is 51.8 Å². The van der Waals surface area contributed by atoms with Crippen molar-refractivity contribution in [3.8, 4) is 0 Å². The van der Waals surface area contributed by atoms with Gasteiger partial charge >= 0.3 is 0 Å². The molecule has 0 saturated heterocycles. The Labute approximate surface area is 103 Å². The first-order chi connectivity index (χ1) is 8.24. The lowest BCUT2D eigenvalue weighted by Gasteiger charge is -2.00. The van der Waals surface area contributed by atoms with Crippen molar-refractivity contribution in [2.75, 3.05) is 6.54 Å². The predicted molar refractivity (Wildman–Crippen MR) is 70.7 cm³/mol. The monoisotopic (exact) mass is 229 g/mol. The standard InChI is InChI=1S/C8H12N2.C6H7N/c1-7-8(4-5-9)3-2-6-10-7;1-6-4-2-3-5-7-6/h2-3,6H,4-5,9H2,1H3;2-5H,1H3. The summed E-state index contributed by atoms with van der Waals surface area (Å²) in [4.78, 5) is 8.12. The molecule has 2 rings (SSSR count). The summed E-state index contributed by atoms with van der Waals surface area (Å²) in [5, 5.41) is 0. The van der Waals surface area contributed by atoms with Crippen molar-refractivity contribution >= 4 is 0 Å². The molecule has 0 atom stereocenters. The van der Waals surface area contributed by atoms with E-state index in [4.69, 9.17) is 5.73 Å². The van der Waals surface area contributed by atoms with E-state index in [0.717, 1.165) is 17.8 Å². The molecule has 0 unspecified atom stereocenters. The van der Waals surface area contributed by atoms with Crippen LogP contribution in [-0.2, 0) is 6.42 Å². The highest BCUT2D eigenvalue weighted by Crippen LogP contribution is 2.02. The van der Waals surface area contributed by atoms with Crippen LogP contribution in [0.2, 0.25) is 0 Å².